The quantitative estimate of drug-likeness (QED) is 0.911. The molecule has 1 aromatic rings. The van der Waals surface area contributed by atoms with Crippen LogP contribution in [-0.4, -0.2) is 25.3 Å². The Morgan fingerprint density at radius 1 is 1.35 bits per heavy atom. The first kappa shape index (κ1) is 13.3. The van der Waals surface area contributed by atoms with E-state index < -0.39 is 0 Å². The molecule has 1 amide bonds. The summed E-state index contributed by atoms with van der Waals surface area (Å²) in [6, 6.07) is 8.54. The predicted octanol–water partition coefficient (Wildman–Crippen LogP) is 3.63. The Balaban J connectivity index is 1.69. The molecule has 1 saturated carbocycles. The number of hydrogen-bond acceptors (Lipinski definition) is 3. The highest BCUT2D eigenvalue weighted by molar-refractivity contribution is 5.89. The highest BCUT2D eigenvalue weighted by atomic mass is 16.6. The lowest BCUT2D eigenvalue weighted by Crippen LogP contribution is -2.25. The number of nitrogens with one attached hydrogen (secondary N) is 1. The monoisotopic (exact) mass is 274 g/mol. The Bertz CT molecular complexity index is 483. The van der Waals surface area contributed by atoms with Gasteiger partial charge in [0.1, 0.15) is 6.61 Å². The third-order valence-corrected chi connectivity index (χ3v) is 4.42. The minimum atomic E-state index is -0.244. The number of carbonyl (C=O) groups is 1. The maximum Gasteiger partial charge on any atom is 0.414 e. The standard InChI is InChI=1S/C16H22N2O2/c1-12(13-5-2-3-6-13)17-14-7-4-8-15(11-14)18-9-10-20-16(18)19/h4,7-8,11-13,17H,2-3,5-6,9-10H2,1H3. The van der Waals surface area contributed by atoms with E-state index in [0.29, 0.717) is 19.2 Å². The number of hydrogen-bond donors (Lipinski definition) is 1. The Morgan fingerprint density at radius 2 is 2.15 bits per heavy atom. The van der Waals surface area contributed by atoms with E-state index >= 15 is 0 Å². The van der Waals surface area contributed by atoms with Crippen LogP contribution in [0, 0.1) is 5.92 Å². The zero-order valence-corrected chi connectivity index (χ0v) is 12.0. The molecule has 1 N–H and O–H groups in total. The first-order valence-electron chi connectivity index (χ1n) is 7.55. The predicted molar refractivity (Wildman–Crippen MR) is 80.2 cm³/mol. The summed E-state index contributed by atoms with van der Waals surface area (Å²) >= 11 is 0. The first-order valence-corrected chi connectivity index (χ1v) is 7.55. The third kappa shape index (κ3) is 2.74. The second-order valence-corrected chi connectivity index (χ2v) is 5.79. The van der Waals surface area contributed by atoms with Gasteiger partial charge >= 0.3 is 6.09 Å². The van der Waals surface area contributed by atoms with E-state index in [4.69, 9.17) is 4.74 Å². The summed E-state index contributed by atoms with van der Waals surface area (Å²) in [6.07, 6.45) is 5.12. The Hall–Kier alpha value is -1.71. The van der Waals surface area contributed by atoms with Gasteiger partial charge < -0.3 is 10.1 Å². The fourth-order valence-electron chi connectivity index (χ4n) is 3.23. The van der Waals surface area contributed by atoms with Gasteiger partial charge in [-0.3, -0.25) is 4.90 Å². The molecule has 4 heteroatoms. The summed E-state index contributed by atoms with van der Waals surface area (Å²) in [5.41, 5.74) is 2.00. The lowest BCUT2D eigenvalue weighted by atomic mass is 9.99. The van der Waals surface area contributed by atoms with E-state index in [2.05, 4.69) is 18.3 Å². The van der Waals surface area contributed by atoms with Crippen molar-refractivity contribution in [2.75, 3.05) is 23.4 Å². The van der Waals surface area contributed by atoms with Crippen molar-refractivity contribution in [1.82, 2.24) is 0 Å². The highest BCUT2D eigenvalue weighted by Crippen LogP contribution is 2.30. The first-order chi connectivity index (χ1) is 9.74. The van der Waals surface area contributed by atoms with Crippen LogP contribution in [0.1, 0.15) is 32.6 Å². The van der Waals surface area contributed by atoms with Crippen LogP contribution in [0.2, 0.25) is 0 Å². The molecule has 1 heterocycles. The van der Waals surface area contributed by atoms with Crippen LogP contribution < -0.4 is 10.2 Å². The molecule has 1 atom stereocenters. The van der Waals surface area contributed by atoms with Gasteiger partial charge in [-0.2, -0.15) is 0 Å². The zero-order chi connectivity index (χ0) is 13.9. The van der Waals surface area contributed by atoms with E-state index in [-0.39, 0.29) is 6.09 Å². The number of nitrogens with zero attached hydrogens (tertiary/aromatic N) is 1. The average molecular weight is 274 g/mol. The zero-order valence-electron chi connectivity index (χ0n) is 12.0. The number of cyclic esters (lactones) is 1. The van der Waals surface area contributed by atoms with Crippen molar-refractivity contribution >= 4 is 17.5 Å². The molecule has 2 aliphatic rings. The van der Waals surface area contributed by atoms with Gasteiger partial charge in [0.15, 0.2) is 0 Å². The Labute approximate surface area is 120 Å². The molecule has 3 rings (SSSR count). The summed E-state index contributed by atoms with van der Waals surface area (Å²) in [7, 11) is 0. The molecule has 108 valence electrons. The maximum atomic E-state index is 11.6. The molecule has 2 fully saturated rings. The summed E-state index contributed by atoms with van der Waals surface area (Å²) in [6.45, 7) is 3.38. The fourth-order valence-corrected chi connectivity index (χ4v) is 3.23. The Kier molecular flexibility index (Phi) is 3.81. The molecule has 1 unspecified atom stereocenters. The van der Waals surface area contributed by atoms with E-state index in [9.17, 15) is 4.79 Å². The van der Waals surface area contributed by atoms with E-state index in [1.54, 1.807) is 4.90 Å². The average Bonchev–Trinajstić information content (AvgIpc) is 3.10. The second-order valence-electron chi connectivity index (χ2n) is 5.79. The molecule has 4 nitrogen and oxygen atoms in total. The van der Waals surface area contributed by atoms with Crippen molar-refractivity contribution in [1.29, 1.82) is 0 Å². The molecule has 1 aliphatic heterocycles. The molecule has 0 aromatic heterocycles. The molecule has 0 radical (unpaired) electrons. The molecule has 1 aromatic carbocycles. The van der Waals surface area contributed by atoms with Gasteiger partial charge in [-0.25, -0.2) is 4.79 Å². The molecule has 20 heavy (non-hydrogen) atoms. The van der Waals surface area contributed by atoms with Crippen LogP contribution in [0.4, 0.5) is 16.2 Å². The van der Waals surface area contributed by atoms with Crippen LogP contribution in [0.25, 0.3) is 0 Å². The number of carbonyl (C=O) groups excluding carboxylic acids is 1. The van der Waals surface area contributed by atoms with Gasteiger partial charge in [0.05, 0.1) is 6.54 Å². The number of anilines is 2. The van der Waals surface area contributed by atoms with Crippen molar-refractivity contribution < 1.29 is 9.53 Å². The second kappa shape index (κ2) is 5.73. The van der Waals surface area contributed by atoms with Gasteiger partial charge in [-0.1, -0.05) is 18.9 Å². The van der Waals surface area contributed by atoms with Gasteiger partial charge in [0, 0.05) is 17.4 Å². The van der Waals surface area contributed by atoms with Crippen molar-refractivity contribution in [2.24, 2.45) is 5.92 Å². The third-order valence-electron chi connectivity index (χ3n) is 4.42. The maximum absolute atomic E-state index is 11.6. The Morgan fingerprint density at radius 3 is 2.85 bits per heavy atom. The summed E-state index contributed by atoms with van der Waals surface area (Å²) < 4.78 is 4.99. The van der Waals surface area contributed by atoms with Crippen molar-refractivity contribution in [3.8, 4) is 0 Å². The van der Waals surface area contributed by atoms with Gasteiger partial charge in [0.2, 0.25) is 0 Å². The van der Waals surface area contributed by atoms with Crippen LogP contribution in [-0.2, 0) is 4.74 Å². The van der Waals surface area contributed by atoms with Crippen molar-refractivity contribution in [3.63, 3.8) is 0 Å². The minimum absolute atomic E-state index is 0.244. The minimum Gasteiger partial charge on any atom is -0.447 e. The van der Waals surface area contributed by atoms with Crippen molar-refractivity contribution in [2.45, 2.75) is 38.6 Å². The van der Waals surface area contributed by atoms with E-state index in [0.717, 1.165) is 17.3 Å². The summed E-state index contributed by atoms with van der Waals surface area (Å²) in [5, 5.41) is 3.58. The SMILES string of the molecule is CC(Nc1cccc(N2CCOC2=O)c1)C1CCCC1. The smallest absolute Gasteiger partial charge is 0.414 e. The molecule has 0 spiro atoms. The summed E-state index contributed by atoms with van der Waals surface area (Å²) in [5.74, 6) is 0.774. The number of benzene rings is 1. The van der Waals surface area contributed by atoms with Crippen molar-refractivity contribution in [3.05, 3.63) is 24.3 Å². The largest absolute Gasteiger partial charge is 0.447 e. The number of amides is 1. The number of rotatable bonds is 4. The molecular formula is C16H22N2O2. The van der Waals surface area contributed by atoms with Crippen LogP contribution in [0.3, 0.4) is 0 Å². The molecular weight excluding hydrogens is 252 g/mol. The highest BCUT2D eigenvalue weighted by Gasteiger charge is 2.24. The lowest BCUT2D eigenvalue weighted by molar-refractivity contribution is 0.181. The normalized spacial score (nSPS) is 21.1. The molecule has 1 saturated heterocycles. The topological polar surface area (TPSA) is 41.6 Å². The molecule has 0 bridgehead atoms. The van der Waals surface area contributed by atoms with Gasteiger partial charge in [-0.05, 0) is 43.9 Å². The fraction of sp³-hybridized carbons (Fsp3) is 0.562. The van der Waals surface area contributed by atoms with Gasteiger partial charge in [0.25, 0.3) is 0 Å². The van der Waals surface area contributed by atoms with Crippen LogP contribution in [0.5, 0.6) is 0 Å². The number of ether oxygens (including phenoxy) is 1. The van der Waals surface area contributed by atoms with E-state index in [1.165, 1.54) is 25.7 Å². The van der Waals surface area contributed by atoms with Crippen LogP contribution >= 0.6 is 0 Å². The summed E-state index contributed by atoms with van der Waals surface area (Å²) in [4.78, 5) is 13.3. The molecule has 1 aliphatic carbocycles. The van der Waals surface area contributed by atoms with Crippen LogP contribution in [0.15, 0.2) is 24.3 Å². The lowest BCUT2D eigenvalue weighted by Gasteiger charge is -2.22. The van der Waals surface area contributed by atoms with Gasteiger partial charge in [-0.15, -0.1) is 0 Å². The van der Waals surface area contributed by atoms with E-state index in [1.807, 2.05) is 18.2 Å².